The van der Waals surface area contributed by atoms with Crippen molar-refractivity contribution in [3.8, 4) is 0 Å². The van der Waals surface area contributed by atoms with Crippen LogP contribution in [0.3, 0.4) is 0 Å². The quantitative estimate of drug-likeness (QED) is 0.664. The van der Waals surface area contributed by atoms with Crippen molar-refractivity contribution in [3.05, 3.63) is 24.5 Å². The molecule has 1 spiro atoms. The molecule has 33 heavy (non-hydrogen) atoms. The minimum absolute atomic E-state index is 0.0324. The molecular formula is C23H34N4O5S. The van der Waals surface area contributed by atoms with E-state index >= 15 is 0 Å². The summed E-state index contributed by atoms with van der Waals surface area (Å²) in [5.74, 6) is -1.38. The number of carbonyl (C=O) groups excluding carboxylic acids is 1. The van der Waals surface area contributed by atoms with Crippen molar-refractivity contribution in [3.63, 3.8) is 0 Å². The number of anilines is 1. The van der Waals surface area contributed by atoms with Crippen LogP contribution in [-0.2, 0) is 19.6 Å². The molecule has 1 N–H and O–H groups in total. The molecule has 0 saturated carbocycles. The third kappa shape index (κ3) is 4.87. The van der Waals surface area contributed by atoms with Gasteiger partial charge in [0, 0.05) is 63.3 Å². The number of piperidine rings is 2. The lowest BCUT2D eigenvalue weighted by atomic mass is 9.77. The summed E-state index contributed by atoms with van der Waals surface area (Å²) < 4.78 is 26.6. The standard InChI is InChI=1S/C23H34N4O5S/c1-2-20(22(29)30)33(31,32)27-12-5-18(6-13-27)21(28)25-14-7-23(8-15-25)9-16-26(17-23)19-3-10-24-11-4-19/h3-4,10-11,18,20H,2,5-9,12-17H2,1H3,(H,29,30). The minimum atomic E-state index is -3.89. The number of hydrogen-bond acceptors (Lipinski definition) is 6. The molecule has 0 bridgehead atoms. The molecule has 10 heteroatoms. The van der Waals surface area contributed by atoms with E-state index in [1.165, 1.54) is 9.99 Å². The first-order valence-corrected chi connectivity index (χ1v) is 13.4. The number of sulfonamides is 1. The van der Waals surface area contributed by atoms with Crippen molar-refractivity contribution in [2.45, 2.75) is 50.7 Å². The molecule has 182 valence electrons. The molecule has 4 rings (SSSR count). The molecular weight excluding hydrogens is 444 g/mol. The van der Waals surface area contributed by atoms with Crippen LogP contribution in [0.1, 0.15) is 45.4 Å². The van der Waals surface area contributed by atoms with Crippen LogP contribution in [0.25, 0.3) is 0 Å². The Morgan fingerprint density at radius 1 is 1.09 bits per heavy atom. The Hall–Kier alpha value is -2.20. The minimum Gasteiger partial charge on any atom is -0.480 e. The highest BCUT2D eigenvalue weighted by molar-refractivity contribution is 7.90. The molecule has 0 aliphatic carbocycles. The van der Waals surface area contributed by atoms with Crippen LogP contribution in [0.5, 0.6) is 0 Å². The highest BCUT2D eigenvalue weighted by atomic mass is 32.2. The predicted molar refractivity (Wildman–Crippen MR) is 124 cm³/mol. The maximum absolute atomic E-state index is 13.1. The molecule has 9 nitrogen and oxygen atoms in total. The van der Waals surface area contributed by atoms with Crippen LogP contribution in [-0.4, -0.2) is 84.1 Å². The molecule has 4 heterocycles. The molecule has 3 saturated heterocycles. The molecule has 1 atom stereocenters. The lowest BCUT2D eigenvalue weighted by Crippen LogP contribution is -2.50. The van der Waals surface area contributed by atoms with Crippen LogP contribution in [0.4, 0.5) is 5.69 Å². The first-order chi connectivity index (χ1) is 15.8. The lowest BCUT2D eigenvalue weighted by molar-refractivity contribution is -0.139. The largest absolute Gasteiger partial charge is 0.480 e. The van der Waals surface area contributed by atoms with Gasteiger partial charge in [-0.15, -0.1) is 0 Å². The smallest absolute Gasteiger partial charge is 0.323 e. The van der Waals surface area contributed by atoms with Gasteiger partial charge in [0.2, 0.25) is 15.9 Å². The highest BCUT2D eigenvalue weighted by Gasteiger charge is 2.43. The summed E-state index contributed by atoms with van der Waals surface area (Å²) in [6.45, 7) is 5.52. The fraction of sp³-hybridized carbons (Fsp3) is 0.696. The third-order valence-corrected chi connectivity index (χ3v) is 10.1. The number of rotatable bonds is 6. The number of hydrogen-bond donors (Lipinski definition) is 1. The lowest BCUT2D eigenvalue weighted by Gasteiger charge is -2.41. The van der Waals surface area contributed by atoms with Gasteiger partial charge in [-0.3, -0.25) is 14.6 Å². The summed E-state index contributed by atoms with van der Waals surface area (Å²) in [6.07, 6.45) is 7.69. The van der Waals surface area contributed by atoms with Gasteiger partial charge in [0.15, 0.2) is 5.25 Å². The van der Waals surface area contributed by atoms with Gasteiger partial charge in [-0.1, -0.05) is 6.92 Å². The molecule has 3 aliphatic heterocycles. The van der Waals surface area contributed by atoms with Crippen molar-refractivity contribution in [2.75, 3.05) is 44.2 Å². The van der Waals surface area contributed by atoms with E-state index in [1.807, 2.05) is 29.4 Å². The van der Waals surface area contributed by atoms with Gasteiger partial charge < -0.3 is 14.9 Å². The van der Waals surface area contributed by atoms with Gasteiger partial charge in [-0.2, -0.15) is 0 Å². The third-order valence-electron chi connectivity index (χ3n) is 7.77. The van der Waals surface area contributed by atoms with Crippen LogP contribution >= 0.6 is 0 Å². The first-order valence-electron chi connectivity index (χ1n) is 11.9. The summed E-state index contributed by atoms with van der Waals surface area (Å²) in [4.78, 5) is 32.9. The Bertz CT molecular complexity index is 954. The second-order valence-electron chi connectivity index (χ2n) is 9.66. The number of carboxylic acid groups (broad SMARTS) is 1. The summed E-state index contributed by atoms with van der Waals surface area (Å²) in [6, 6.07) is 4.09. The number of carbonyl (C=O) groups is 2. The van der Waals surface area contributed by atoms with Crippen LogP contribution in [0, 0.1) is 11.3 Å². The molecule has 0 radical (unpaired) electrons. The number of carboxylic acids is 1. The van der Waals surface area contributed by atoms with Crippen molar-refractivity contribution >= 4 is 27.6 Å². The number of amides is 1. The van der Waals surface area contributed by atoms with E-state index in [2.05, 4.69) is 9.88 Å². The molecule has 1 amide bonds. The van der Waals surface area contributed by atoms with Crippen molar-refractivity contribution in [2.24, 2.45) is 11.3 Å². The Labute approximate surface area is 195 Å². The van der Waals surface area contributed by atoms with E-state index in [-0.39, 0.29) is 36.8 Å². The molecule has 3 fully saturated rings. The van der Waals surface area contributed by atoms with Gasteiger partial charge in [-0.05, 0) is 56.1 Å². The number of likely N-dealkylation sites (tertiary alicyclic amines) is 1. The normalized spacial score (nSPS) is 23.1. The summed E-state index contributed by atoms with van der Waals surface area (Å²) in [5.41, 5.74) is 1.46. The van der Waals surface area contributed by atoms with Crippen LogP contribution in [0.2, 0.25) is 0 Å². The van der Waals surface area contributed by atoms with Crippen molar-refractivity contribution < 1.29 is 23.1 Å². The van der Waals surface area contributed by atoms with E-state index in [0.717, 1.165) is 45.4 Å². The summed E-state index contributed by atoms with van der Waals surface area (Å²) in [5, 5.41) is 7.83. The molecule has 3 aliphatic rings. The van der Waals surface area contributed by atoms with Crippen LogP contribution in [0.15, 0.2) is 24.5 Å². The van der Waals surface area contributed by atoms with E-state index < -0.39 is 21.2 Å². The van der Waals surface area contributed by atoms with E-state index in [1.54, 1.807) is 6.92 Å². The zero-order valence-electron chi connectivity index (χ0n) is 19.2. The summed E-state index contributed by atoms with van der Waals surface area (Å²) in [7, 11) is -3.89. The van der Waals surface area contributed by atoms with Crippen molar-refractivity contribution in [1.29, 1.82) is 0 Å². The van der Waals surface area contributed by atoms with E-state index in [9.17, 15) is 23.1 Å². The Balaban J connectivity index is 1.28. The fourth-order valence-corrected chi connectivity index (χ4v) is 7.38. The van der Waals surface area contributed by atoms with Crippen molar-refractivity contribution in [1.82, 2.24) is 14.2 Å². The molecule has 1 aromatic heterocycles. The SMILES string of the molecule is CCC(C(=O)O)S(=O)(=O)N1CCC(C(=O)N2CCC3(CC2)CCN(c2ccncc2)C3)CC1. The topological polar surface area (TPSA) is 111 Å². The van der Waals surface area contributed by atoms with E-state index in [0.29, 0.717) is 12.8 Å². The summed E-state index contributed by atoms with van der Waals surface area (Å²) >= 11 is 0. The van der Waals surface area contributed by atoms with Gasteiger partial charge in [0.05, 0.1) is 0 Å². The Kier molecular flexibility index (Phi) is 6.95. The highest BCUT2D eigenvalue weighted by Crippen LogP contribution is 2.42. The first kappa shape index (κ1) is 23.9. The van der Waals surface area contributed by atoms with Gasteiger partial charge >= 0.3 is 5.97 Å². The van der Waals surface area contributed by atoms with Gasteiger partial charge in [-0.25, -0.2) is 12.7 Å². The molecule has 1 aromatic rings. The molecule has 1 unspecified atom stereocenters. The maximum atomic E-state index is 13.1. The number of pyridine rings is 1. The molecule has 0 aromatic carbocycles. The van der Waals surface area contributed by atoms with Gasteiger partial charge in [0.1, 0.15) is 0 Å². The Morgan fingerprint density at radius 3 is 2.27 bits per heavy atom. The average Bonchev–Trinajstić information content (AvgIpc) is 3.23. The second kappa shape index (κ2) is 9.58. The monoisotopic (exact) mass is 478 g/mol. The predicted octanol–water partition coefficient (Wildman–Crippen LogP) is 1.81. The number of aliphatic carboxylic acids is 1. The van der Waals surface area contributed by atoms with E-state index in [4.69, 9.17) is 0 Å². The van der Waals surface area contributed by atoms with Crippen LogP contribution < -0.4 is 4.90 Å². The number of nitrogens with zero attached hydrogens (tertiary/aromatic N) is 4. The second-order valence-corrected chi connectivity index (χ2v) is 11.8. The zero-order chi connectivity index (χ0) is 23.6. The zero-order valence-corrected chi connectivity index (χ0v) is 20.0. The Morgan fingerprint density at radius 2 is 1.70 bits per heavy atom. The fourth-order valence-electron chi connectivity index (χ4n) is 5.63. The average molecular weight is 479 g/mol. The maximum Gasteiger partial charge on any atom is 0.323 e. The number of aromatic nitrogens is 1. The van der Waals surface area contributed by atoms with Gasteiger partial charge in [0.25, 0.3) is 0 Å².